The lowest BCUT2D eigenvalue weighted by Crippen LogP contribution is -2.35. The largest absolute Gasteiger partial charge is 0.444 e. The van der Waals surface area contributed by atoms with E-state index in [4.69, 9.17) is 4.74 Å². The Bertz CT molecular complexity index is 1350. The molecular formula is C30H33FN4O4. The van der Waals surface area contributed by atoms with Crippen molar-refractivity contribution in [1.29, 1.82) is 0 Å². The van der Waals surface area contributed by atoms with E-state index in [0.29, 0.717) is 23.5 Å². The van der Waals surface area contributed by atoms with Gasteiger partial charge in [-0.2, -0.15) is 0 Å². The molecule has 3 aromatic rings. The highest BCUT2D eigenvalue weighted by Crippen LogP contribution is 2.31. The van der Waals surface area contributed by atoms with Gasteiger partial charge in [-0.1, -0.05) is 18.2 Å². The Kier molecular flexibility index (Phi) is 8.18. The molecule has 39 heavy (non-hydrogen) atoms. The summed E-state index contributed by atoms with van der Waals surface area (Å²) in [6.07, 6.45) is 0.208. The number of anilines is 3. The van der Waals surface area contributed by atoms with Crippen LogP contribution >= 0.6 is 0 Å². The number of nitrogens with one attached hydrogen (secondary N) is 3. The van der Waals surface area contributed by atoms with Crippen molar-refractivity contribution in [3.8, 4) is 11.1 Å². The number of hydrogen-bond acceptors (Lipinski definition) is 5. The molecule has 9 heteroatoms. The number of halogens is 1. The fourth-order valence-electron chi connectivity index (χ4n) is 4.41. The Morgan fingerprint density at radius 2 is 1.56 bits per heavy atom. The molecule has 1 aliphatic rings. The van der Waals surface area contributed by atoms with E-state index in [1.54, 1.807) is 63.2 Å². The molecule has 0 saturated carbocycles. The SMILES string of the molecule is CC(=O)N[C@@H]1CCN(c2ccc(C(=O)Nc3cc(-c4ccc(F)cc4)ccc3NC(=O)OC(C)(C)C)cc2)C1. The first-order valence-electron chi connectivity index (χ1n) is 12.8. The zero-order valence-electron chi connectivity index (χ0n) is 22.5. The first kappa shape index (κ1) is 27.6. The number of hydrogen-bond donors (Lipinski definition) is 3. The van der Waals surface area contributed by atoms with Crippen LogP contribution in [-0.2, 0) is 9.53 Å². The van der Waals surface area contributed by atoms with Gasteiger partial charge in [0.2, 0.25) is 5.91 Å². The van der Waals surface area contributed by atoms with Crippen LogP contribution in [-0.4, -0.2) is 42.6 Å². The van der Waals surface area contributed by atoms with Gasteiger partial charge in [0.05, 0.1) is 11.4 Å². The van der Waals surface area contributed by atoms with E-state index in [2.05, 4.69) is 20.9 Å². The van der Waals surface area contributed by atoms with E-state index < -0.39 is 11.7 Å². The Balaban J connectivity index is 1.53. The summed E-state index contributed by atoms with van der Waals surface area (Å²) in [5.74, 6) is -0.751. The summed E-state index contributed by atoms with van der Waals surface area (Å²) in [6, 6.07) is 18.5. The van der Waals surface area contributed by atoms with Gasteiger partial charge in [0, 0.05) is 37.3 Å². The molecule has 3 N–H and O–H groups in total. The molecule has 0 aromatic heterocycles. The lowest BCUT2D eigenvalue weighted by molar-refractivity contribution is -0.119. The average molecular weight is 533 g/mol. The Hall–Kier alpha value is -4.40. The minimum atomic E-state index is -0.694. The molecule has 1 aliphatic heterocycles. The summed E-state index contributed by atoms with van der Waals surface area (Å²) >= 11 is 0. The van der Waals surface area contributed by atoms with Gasteiger partial charge in [-0.05, 0) is 86.8 Å². The van der Waals surface area contributed by atoms with E-state index >= 15 is 0 Å². The fraction of sp³-hybridized carbons (Fsp3) is 0.300. The van der Waals surface area contributed by atoms with Gasteiger partial charge in [-0.3, -0.25) is 14.9 Å². The lowest BCUT2D eigenvalue weighted by Gasteiger charge is -2.21. The summed E-state index contributed by atoms with van der Waals surface area (Å²) in [6.45, 7) is 8.32. The van der Waals surface area contributed by atoms with Gasteiger partial charge in [0.25, 0.3) is 5.91 Å². The van der Waals surface area contributed by atoms with Gasteiger partial charge in [-0.25, -0.2) is 9.18 Å². The van der Waals surface area contributed by atoms with E-state index in [0.717, 1.165) is 29.8 Å². The number of ether oxygens (including phenoxy) is 1. The zero-order valence-corrected chi connectivity index (χ0v) is 22.5. The van der Waals surface area contributed by atoms with Crippen molar-refractivity contribution < 1.29 is 23.5 Å². The number of carbonyl (C=O) groups excluding carboxylic acids is 3. The second-order valence-electron chi connectivity index (χ2n) is 10.5. The Labute approximate surface area is 227 Å². The number of carbonyl (C=O) groups is 3. The van der Waals surface area contributed by atoms with Gasteiger partial charge < -0.3 is 20.3 Å². The monoisotopic (exact) mass is 532 g/mol. The highest BCUT2D eigenvalue weighted by molar-refractivity contribution is 6.07. The van der Waals surface area contributed by atoms with Crippen LogP contribution in [0.1, 0.15) is 44.5 Å². The number of nitrogens with zero attached hydrogens (tertiary/aromatic N) is 1. The third-order valence-corrected chi connectivity index (χ3v) is 6.17. The summed E-state index contributed by atoms with van der Waals surface area (Å²) in [4.78, 5) is 39.2. The topological polar surface area (TPSA) is 99.8 Å². The molecule has 0 bridgehead atoms. The molecule has 0 spiro atoms. The van der Waals surface area contributed by atoms with Gasteiger partial charge in [0.15, 0.2) is 0 Å². The molecule has 0 unspecified atom stereocenters. The van der Waals surface area contributed by atoms with Crippen molar-refractivity contribution in [3.05, 3.63) is 78.1 Å². The van der Waals surface area contributed by atoms with Crippen LogP contribution in [0.3, 0.4) is 0 Å². The quantitative estimate of drug-likeness (QED) is 0.372. The second-order valence-corrected chi connectivity index (χ2v) is 10.5. The summed E-state index contributed by atoms with van der Waals surface area (Å²) in [5.41, 5.74) is 2.93. The van der Waals surface area contributed by atoms with Gasteiger partial charge >= 0.3 is 6.09 Å². The first-order chi connectivity index (χ1) is 18.5. The highest BCUT2D eigenvalue weighted by atomic mass is 19.1. The van der Waals surface area contributed by atoms with E-state index in [-0.39, 0.29) is 23.7 Å². The van der Waals surface area contributed by atoms with E-state index in [1.165, 1.54) is 19.1 Å². The Morgan fingerprint density at radius 1 is 0.897 bits per heavy atom. The highest BCUT2D eigenvalue weighted by Gasteiger charge is 2.23. The van der Waals surface area contributed by atoms with Crippen LogP contribution in [0.25, 0.3) is 11.1 Å². The number of benzene rings is 3. The van der Waals surface area contributed by atoms with Crippen LogP contribution in [0.15, 0.2) is 66.7 Å². The number of amides is 3. The smallest absolute Gasteiger partial charge is 0.412 e. The minimum Gasteiger partial charge on any atom is -0.444 e. The maximum absolute atomic E-state index is 13.4. The zero-order chi connectivity index (χ0) is 28.2. The maximum atomic E-state index is 13.4. The van der Waals surface area contributed by atoms with Gasteiger partial charge in [0.1, 0.15) is 11.4 Å². The summed E-state index contributed by atoms with van der Waals surface area (Å²) in [5, 5.41) is 8.54. The van der Waals surface area contributed by atoms with Crippen LogP contribution < -0.4 is 20.9 Å². The molecule has 3 aromatic carbocycles. The molecule has 1 fully saturated rings. The summed E-state index contributed by atoms with van der Waals surface area (Å²) in [7, 11) is 0. The third-order valence-electron chi connectivity index (χ3n) is 6.17. The molecule has 3 amide bonds. The molecule has 1 atom stereocenters. The minimum absolute atomic E-state index is 0.0436. The van der Waals surface area contributed by atoms with Crippen molar-refractivity contribution in [2.24, 2.45) is 0 Å². The van der Waals surface area contributed by atoms with Crippen LogP contribution in [0.4, 0.5) is 26.2 Å². The maximum Gasteiger partial charge on any atom is 0.412 e. The normalized spacial score (nSPS) is 15.0. The molecule has 204 valence electrons. The third kappa shape index (κ3) is 7.56. The van der Waals surface area contributed by atoms with Crippen LogP contribution in [0.5, 0.6) is 0 Å². The summed E-state index contributed by atoms with van der Waals surface area (Å²) < 4.78 is 18.8. The lowest BCUT2D eigenvalue weighted by atomic mass is 10.0. The predicted molar refractivity (Wildman–Crippen MR) is 151 cm³/mol. The second kappa shape index (κ2) is 11.6. The van der Waals surface area contributed by atoms with Crippen molar-refractivity contribution in [2.45, 2.75) is 45.8 Å². The molecule has 0 radical (unpaired) electrons. The standard InChI is InChI=1S/C30H33FN4O4/c1-19(36)32-24-15-16-35(18-24)25-12-7-21(8-13-25)28(37)33-27-17-22(20-5-10-23(31)11-6-20)9-14-26(27)34-29(38)39-30(2,3)4/h5-14,17,24H,15-16,18H2,1-4H3,(H,32,36)(H,33,37)(H,34,38)/t24-/m1/s1. The van der Waals surface area contributed by atoms with Gasteiger partial charge in [-0.15, -0.1) is 0 Å². The van der Waals surface area contributed by atoms with E-state index in [9.17, 15) is 18.8 Å². The van der Waals surface area contributed by atoms with Crippen molar-refractivity contribution in [2.75, 3.05) is 28.6 Å². The fourth-order valence-corrected chi connectivity index (χ4v) is 4.41. The molecule has 1 heterocycles. The number of rotatable bonds is 6. The molecular weight excluding hydrogens is 499 g/mol. The molecule has 4 rings (SSSR count). The predicted octanol–water partition coefficient (Wildman–Crippen LogP) is 5.81. The van der Waals surface area contributed by atoms with E-state index in [1.807, 2.05) is 12.1 Å². The van der Waals surface area contributed by atoms with Crippen molar-refractivity contribution in [1.82, 2.24) is 5.32 Å². The Morgan fingerprint density at radius 3 is 2.21 bits per heavy atom. The average Bonchev–Trinajstić information content (AvgIpc) is 3.32. The molecule has 8 nitrogen and oxygen atoms in total. The first-order valence-corrected chi connectivity index (χ1v) is 12.8. The van der Waals surface area contributed by atoms with Crippen LogP contribution in [0, 0.1) is 5.82 Å². The van der Waals surface area contributed by atoms with Crippen molar-refractivity contribution >= 4 is 35.0 Å². The molecule has 0 aliphatic carbocycles. The van der Waals surface area contributed by atoms with Crippen molar-refractivity contribution in [3.63, 3.8) is 0 Å². The van der Waals surface area contributed by atoms with Crippen LogP contribution in [0.2, 0.25) is 0 Å². The molecule has 1 saturated heterocycles.